The molecular formula is C12H18O3. The topological polar surface area (TPSA) is 54.4 Å². The maximum Gasteiger partial charge on any atom is 0.303 e. The van der Waals surface area contributed by atoms with Crippen LogP contribution in [0.2, 0.25) is 0 Å². The smallest absolute Gasteiger partial charge is 0.303 e. The third-order valence-electron chi connectivity index (χ3n) is 2.97. The molecule has 1 aliphatic carbocycles. The molecule has 0 heterocycles. The Kier molecular flexibility index (Phi) is 4.53. The van der Waals surface area contributed by atoms with Crippen LogP contribution in [-0.2, 0) is 9.59 Å². The first-order valence-corrected chi connectivity index (χ1v) is 5.54. The molecule has 15 heavy (non-hydrogen) atoms. The van der Waals surface area contributed by atoms with Gasteiger partial charge in [0.25, 0.3) is 0 Å². The molecule has 0 saturated heterocycles. The van der Waals surface area contributed by atoms with Gasteiger partial charge in [0.2, 0.25) is 0 Å². The molecule has 1 fully saturated rings. The van der Waals surface area contributed by atoms with Crippen LogP contribution in [0.1, 0.15) is 39.0 Å². The van der Waals surface area contributed by atoms with E-state index >= 15 is 0 Å². The van der Waals surface area contributed by atoms with Crippen LogP contribution in [0.3, 0.4) is 0 Å². The second-order valence-electron chi connectivity index (χ2n) is 4.08. The summed E-state index contributed by atoms with van der Waals surface area (Å²) in [4.78, 5) is 22.1. The van der Waals surface area contributed by atoms with Crippen molar-refractivity contribution in [2.75, 3.05) is 0 Å². The Balaban J connectivity index is 2.52. The summed E-state index contributed by atoms with van der Waals surface area (Å²) in [5.74, 6) is -0.554. The molecule has 0 aliphatic heterocycles. The molecule has 84 valence electrons. The lowest BCUT2D eigenvalue weighted by molar-refractivity contribution is -0.138. The zero-order chi connectivity index (χ0) is 11.3. The molecule has 1 N–H and O–H groups in total. The number of hydrogen-bond acceptors (Lipinski definition) is 2. The van der Waals surface area contributed by atoms with Crippen LogP contribution in [0.5, 0.6) is 0 Å². The van der Waals surface area contributed by atoms with Gasteiger partial charge in [-0.25, -0.2) is 0 Å². The fraction of sp³-hybridized carbons (Fsp3) is 0.667. The minimum Gasteiger partial charge on any atom is -0.481 e. The number of Topliss-reactive ketones (excluding diaryl/α,β-unsaturated/α-hetero) is 1. The van der Waals surface area contributed by atoms with Gasteiger partial charge < -0.3 is 5.11 Å². The van der Waals surface area contributed by atoms with Crippen LogP contribution in [0.4, 0.5) is 0 Å². The number of allylic oxidation sites excluding steroid dienone is 2. The Morgan fingerprint density at radius 2 is 2.27 bits per heavy atom. The van der Waals surface area contributed by atoms with Crippen LogP contribution >= 0.6 is 0 Å². The highest BCUT2D eigenvalue weighted by molar-refractivity contribution is 5.84. The van der Waals surface area contributed by atoms with Crippen molar-refractivity contribution in [3.05, 3.63) is 12.2 Å². The summed E-state index contributed by atoms with van der Waals surface area (Å²) in [7, 11) is 0. The molecule has 2 atom stereocenters. The van der Waals surface area contributed by atoms with E-state index in [9.17, 15) is 9.59 Å². The van der Waals surface area contributed by atoms with Crippen LogP contribution < -0.4 is 0 Å². The van der Waals surface area contributed by atoms with E-state index in [1.165, 1.54) is 0 Å². The zero-order valence-corrected chi connectivity index (χ0v) is 9.11. The summed E-state index contributed by atoms with van der Waals surface area (Å²) in [6.45, 7) is 2.04. The molecule has 3 nitrogen and oxygen atoms in total. The van der Waals surface area contributed by atoms with Crippen molar-refractivity contribution < 1.29 is 14.7 Å². The Hall–Kier alpha value is -1.12. The van der Waals surface area contributed by atoms with Gasteiger partial charge in [-0.2, -0.15) is 0 Å². The lowest BCUT2D eigenvalue weighted by Crippen LogP contribution is -2.17. The molecule has 1 saturated carbocycles. The number of ketones is 1. The van der Waals surface area contributed by atoms with E-state index in [0.29, 0.717) is 12.8 Å². The number of carboxylic acids is 1. The molecule has 0 unspecified atom stereocenters. The summed E-state index contributed by atoms with van der Waals surface area (Å²) in [5, 5.41) is 8.72. The summed E-state index contributed by atoms with van der Waals surface area (Å²) in [6, 6.07) is 0. The van der Waals surface area contributed by atoms with Crippen LogP contribution in [-0.4, -0.2) is 16.9 Å². The molecule has 0 spiro atoms. The lowest BCUT2D eigenvalue weighted by atomic mass is 9.89. The van der Waals surface area contributed by atoms with Crippen molar-refractivity contribution in [2.45, 2.75) is 39.0 Å². The number of carbonyl (C=O) groups excluding carboxylic acids is 1. The number of carbonyl (C=O) groups is 2. The fourth-order valence-electron chi connectivity index (χ4n) is 2.18. The molecular weight excluding hydrogens is 192 g/mol. The van der Waals surface area contributed by atoms with Gasteiger partial charge in [0.1, 0.15) is 5.78 Å². The van der Waals surface area contributed by atoms with Gasteiger partial charge in [0, 0.05) is 18.8 Å². The van der Waals surface area contributed by atoms with Gasteiger partial charge in [-0.3, -0.25) is 9.59 Å². The zero-order valence-electron chi connectivity index (χ0n) is 9.11. The lowest BCUT2D eigenvalue weighted by Gasteiger charge is -2.14. The molecule has 0 aromatic carbocycles. The second-order valence-corrected chi connectivity index (χ2v) is 4.08. The summed E-state index contributed by atoms with van der Waals surface area (Å²) < 4.78 is 0. The first-order valence-electron chi connectivity index (χ1n) is 5.54. The Morgan fingerprint density at radius 1 is 1.53 bits per heavy atom. The summed E-state index contributed by atoms with van der Waals surface area (Å²) >= 11 is 0. The summed E-state index contributed by atoms with van der Waals surface area (Å²) in [6.07, 6.45) is 7.15. The van der Waals surface area contributed by atoms with E-state index in [-0.39, 0.29) is 24.0 Å². The van der Waals surface area contributed by atoms with Gasteiger partial charge in [0.15, 0.2) is 0 Å². The van der Waals surface area contributed by atoms with Crippen molar-refractivity contribution in [3.8, 4) is 0 Å². The maximum absolute atomic E-state index is 11.5. The highest BCUT2D eigenvalue weighted by Crippen LogP contribution is 2.33. The van der Waals surface area contributed by atoms with Crippen LogP contribution in [0, 0.1) is 11.8 Å². The number of hydrogen-bond donors (Lipinski definition) is 1. The van der Waals surface area contributed by atoms with Crippen molar-refractivity contribution in [3.63, 3.8) is 0 Å². The average molecular weight is 210 g/mol. The van der Waals surface area contributed by atoms with Crippen LogP contribution in [0.25, 0.3) is 0 Å². The van der Waals surface area contributed by atoms with Crippen molar-refractivity contribution in [1.29, 1.82) is 0 Å². The van der Waals surface area contributed by atoms with E-state index in [2.05, 4.69) is 0 Å². The van der Waals surface area contributed by atoms with Gasteiger partial charge >= 0.3 is 5.97 Å². The van der Waals surface area contributed by atoms with Crippen molar-refractivity contribution >= 4 is 11.8 Å². The summed E-state index contributed by atoms with van der Waals surface area (Å²) in [5.41, 5.74) is 0. The molecule has 0 aromatic rings. The quantitative estimate of drug-likeness (QED) is 0.709. The molecule has 1 rings (SSSR count). The Bertz CT molecular complexity index is 268. The normalized spacial score (nSPS) is 26.3. The second kappa shape index (κ2) is 5.69. The molecule has 0 radical (unpaired) electrons. The third-order valence-corrected chi connectivity index (χ3v) is 2.97. The van der Waals surface area contributed by atoms with Crippen molar-refractivity contribution in [2.24, 2.45) is 11.8 Å². The van der Waals surface area contributed by atoms with E-state index < -0.39 is 5.97 Å². The molecule has 1 aliphatic rings. The molecule has 0 aromatic heterocycles. The average Bonchev–Trinajstić information content (AvgIpc) is 2.49. The SMILES string of the molecule is CC/C=C\C[C@H]1C(=O)CC[C@H]1CC(=O)O. The minimum atomic E-state index is -0.792. The first kappa shape index (κ1) is 12.0. The maximum atomic E-state index is 11.5. The van der Waals surface area contributed by atoms with E-state index in [0.717, 1.165) is 12.8 Å². The monoisotopic (exact) mass is 210 g/mol. The van der Waals surface area contributed by atoms with Gasteiger partial charge in [0.05, 0.1) is 0 Å². The van der Waals surface area contributed by atoms with Gasteiger partial charge in [-0.05, 0) is 25.2 Å². The van der Waals surface area contributed by atoms with Gasteiger partial charge in [-0.1, -0.05) is 19.1 Å². The van der Waals surface area contributed by atoms with E-state index in [1.807, 2.05) is 19.1 Å². The van der Waals surface area contributed by atoms with Crippen molar-refractivity contribution in [1.82, 2.24) is 0 Å². The largest absolute Gasteiger partial charge is 0.481 e. The van der Waals surface area contributed by atoms with E-state index in [1.54, 1.807) is 0 Å². The highest BCUT2D eigenvalue weighted by Gasteiger charge is 2.34. The predicted molar refractivity (Wildman–Crippen MR) is 57.5 cm³/mol. The third kappa shape index (κ3) is 3.50. The number of rotatable bonds is 5. The Labute approximate surface area is 90.2 Å². The minimum absolute atomic E-state index is 0.0519. The standard InChI is InChI=1S/C12H18O3/c1-2-3-4-5-10-9(8-12(14)15)6-7-11(10)13/h3-4,9-10H,2,5-8H2,1H3,(H,14,15)/b4-3-/t9-,10+/m0/s1. The fourth-order valence-corrected chi connectivity index (χ4v) is 2.18. The molecule has 0 amide bonds. The highest BCUT2D eigenvalue weighted by atomic mass is 16.4. The first-order chi connectivity index (χ1) is 7.15. The molecule has 3 heteroatoms. The number of aliphatic carboxylic acids is 1. The van der Waals surface area contributed by atoms with Crippen LogP contribution in [0.15, 0.2) is 12.2 Å². The predicted octanol–water partition coefficient (Wildman–Crippen LogP) is 2.41. The molecule has 0 bridgehead atoms. The van der Waals surface area contributed by atoms with E-state index in [4.69, 9.17) is 5.11 Å². The number of carboxylic acid groups (broad SMARTS) is 1. The van der Waals surface area contributed by atoms with Gasteiger partial charge in [-0.15, -0.1) is 0 Å². The Morgan fingerprint density at radius 3 is 2.87 bits per heavy atom.